The van der Waals surface area contributed by atoms with Crippen LogP contribution in [0.3, 0.4) is 0 Å². The summed E-state index contributed by atoms with van der Waals surface area (Å²) in [7, 11) is 0. The van der Waals surface area contributed by atoms with Crippen LogP contribution in [-0.4, -0.2) is 34.7 Å². The van der Waals surface area contributed by atoms with Crippen molar-refractivity contribution in [2.45, 2.75) is 31.3 Å². The van der Waals surface area contributed by atoms with Gasteiger partial charge < -0.3 is 18.8 Å². The molecule has 1 fully saturated rings. The molecule has 0 radical (unpaired) electrons. The van der Waals surface area contributed by atoms with Crippen molar-refractivity contribution in [3.05, 3.63) is 109 Å². The van der Waals surface area contributed by atoms with E-state index in [0.717, 1.165) is 16.9 Å². The Labute approximate surface area is 198 Å². The number of benzene rings is 3. The molecule has 1 aliphatic rings. The van der Waals surface area contributed by atoms with Crippen LogP contribution >= 0.6 is 0 Å². The van der Waals surface area contributed by atoms with Gasteiger partial charge in [-0.25, -0.2) is 9.37 Å². The molecule has 0 saturated carbocycles. The highest BCUT2D eigenvalue weighted by Crippen LogP contribution is 2.31. The van der Waals surface area contributed by atoms with Crippen molar-refractivity contribution < 1.29 is 18.6 Å². The summed E-state index contributed by atoms with van der Waals surface area (Å²) in [5.41, 5.74) is 3.36. The second-order valence-electron chi connectivity index (χ2n) is 8.52. The fraction of sp³-hybridized carbons (Fsp3) is 0.250. The molecule has 0 amide bonds. The quantitative estimate of drug-likeness (QED) is 0.332. The Morgan fingerprint density at radius 1 is 0.971 bits per heavy atom. The van der Waals surface area contributed by atoms with Crippen molar-refractivity contribution in [2.24, 2.45) is 0 Å². The number of halogens is 1. The second kappa shape index (κ2) is 10.2. The van der Waals surface area contributed by atoms with Gasteiger partial charge in [0.05, 0.1) is 19.5 Å². The van der Waals surface area contributed by atoms with Crippen LogP contribution in [0.2, 0.25) is 0 Å². The third-order valence-electron chi connectivity index (χ3n) is 6.00. The lowest BCUT2D eigenvalue weighted by Gasteiger charge is -2.28. The van der Waals surface area contributed by atoms with Crippen molar-refractivity contribution in [1.29, 1.82) is 0 Å². The van der Waals surface area contributed by atoms with Gasteiger partial charge in [0, 0.05) is 18.8 Å². The smallest absolute Gasteiger partial charge is 0.187 e. The molecule has 6 heteroatoms. The first-order valence-corrected chi connectivity index (χ1v) is 11.5. The van der Waals surface area contributed by atoms with Gasteiger partial charge in [0.25, 0.3) is 0 Å². The predicted octanol–water partition coefficient (Wildman–Crippen LogP) is 5.51. The summed E-state index contributed by atoms with van der Waals surface area (Å²) >= 11 is 0. The van der Waals surface area contributed by atoms with Crippen molar-refractivity contribution in [2.75, 3.05) is 13.2 Å². The molecule has 2 atom stereocenters. The van der Waals surface area contributed by atoms with E-state index in [2.05, 4.69) is 29.2 Å². The van der Waals surface area contributed by atoms with E-state index in [4.69, 9.17) is 14.2 Å². The molecule has 0 bridgehead atoms. The largest absolute Gasteiger partial charge is 0.491 e. The van der Waals surface area contributed by atoms with Crippen LogP contribution in [0.1, 0.15) is 12.0 Å². The van der Waals surface area contributed by atoms with E-state index in [-0.39, 0.29) is 11.9 Å². The summed E-state index contributed by atoms with van der Waals surface area (Å²) in [6.07, 6.45) is 6.55. The number of aryl methyl sites for hydroxylation is 1. The number of rotatable bonds is 9. The van der Waals surface area contributed by atoms with Crippen LogP contribution in [0, 0.1) is 5.82 Å². The highest BCUT2D eigenvalue weighted by atomic mass is 19.1. The lowest BCUT2D eigenvalue weighted by atomic mass is 10.0. The van der Waals surface area contributed by atoms with E-state index < -0.39 is 5.79 Å². The number of aromatic nitrogens is 2. The molecule has 4 aromatic rings. The molecule has 0 N–H and O–H groups in total. The van der Waals surface area contributed by atoms with Crippen molar-refractivity contribution in [1.82, 2.24) is 9.55 Å². The average Bonchev–Trinajstić information content (AvgIpc) is 3.54. The molecular weight excluding hydrogens is 431 g/mol. The molecule has 0 spiro atoms. The van der Waals surface area contributed by atoms with Crippen molar-refractivity contribution >= 4 is 0 Å². The molecule has 5 rings (SSSR count). The zero-order valence-corrected chi connectivity index (χ0v) is 18.8. The molecule has 0 aliphatic carbocycles. The fourth-order valence-corrected chi connectivity index (χ4v) is 4.20. The summed E-state index contributed by atoms with van der Waals surface area (Å²) in [5.74, 6) is -0.235. The van der Waals surface area contributed by atoms with Gasteiger partial charge >= 0.3 is 0 Å². The van der Waals surface area contributed by atoms with E-state index in [1.54, 1.807) is 24.7 Å². The summed E-state index contributed by atoms with van der Waals surface area (Å²) in [4.78, 5) is 4.13. The van der Waals surface area contributed by atoms with Gasteiger partial charge in [-0.1, -0.05) is 54.6 Å². The van der Waals surface area contributed by atoms with E-state index >= 15 is 0 Å². The molecule has 2 heterocycles. The van der Waals surface area contributed by atoms with Gasteiger partial charge in [0.1, 0.15) is 24.3 Å². The highest BCUT2D eigenvalue weighted by molar-refractivity contribution is 5.63. The van der Waals surface area contributed by atoms with E-state index in [9.17, 15) is 4.39 Å². The Morgan fingerprint density at radius 2 is 1.74 bits per heavy atom. The fourth-order valence-electron chi connectivity index (χ4n) is 4.20. The Kier molecular flexibility index (Phi) is 6.70. The van der Waals surface area contributed by atoms with Crippen LogP contribution in [0.25, 0.3) is 11.1 Å². The standard InChI is InChI=1S/C28H27FN2O3/c29-25-10-6-22(7-11-25)14-15-28(20-31-17-16-30-21-31)33-19-27(34-28)18-32-26-12-8-24(9-13-26)23-4-2-1-3-5-23/h1-13,16-17,21,27H,14-15,18-20H2. The first-order chi connectivity index (χ1) is 16.7. The third-order valence-corrected chi connectivity index (χ3v) is 6.00. The van der Waals surface area contributed by atoms with Crippen LogP contribution in [-0.2, 0) is 22.4 Å². The van der Waals surface area contributed by atoms with Gasteiger partial charge in [-0.15, -0.1) is 0 Å². The summed E-state index contributed by atoms with van der Waals surface area (Å²) < 4.78 is 33.9. The van der Waals surface area contributed by atoms with Gasteiger partial charge in [-0.3, -0.25) is 0 Å². The Morgan fingerprint density at radius 3 is 2.47 bits per heavy atom. The molecular formula is C28H27FN2O3. The van der Waals surface area contributed by atoms with Crippen LogP contribution < -0.4 is 4.74 Å². The summed E-state index contributed by atoms with van der Waals surface area (Å²) in [6, 6.07) is 24.9. The molecule has 34 heavy (non-hydrogen) atoms. The first kappa shape index (κ1) is 22.3. The maximum atomic E-state index is 13.3. The Hall–Kier alpha value is -3.48. The molecule has 2 unspecified atom stereocenters. The maximum absolute atomic E-state index is 13.3. The highest BCUT2D eigenvalue weighted by Gasteiger charge is 2.42. The van der Waals surface area contributed by atoms with E-state index in [1.165, 1.54) is 17.7 Å². The van der Waals surface area contributed by atoms with E-state index in [1.807, 2.05) is 41.1 Å². The van der Waals surface area contributed by atoms with Crippen molar-refractivity contribution in [3.63, 3.8) is 0 Å². The van der Waals surface area contributed by atoms with Gasteiger partial charge in [-0.2, -0.15) is 0 Å². The van der Waals surface area contributed by atoms with Gasteiger partial charge in [0.15, 0.2) is 5.79 Å². The Balaban J connectivity index is 1.21. The summed E-state index contributed by atoms with van der Waals surface area (Å²) in [6.45, 7) is 1.36. The zero-order valence-electron chi connectivity index (χ0n) is 18.8. The normalized spacial score (nSPS) is 19.9. The minimum atomic E-state index is -0.791. The SMILES string of the molecule is Fc1ccc(CCC2(Cn3ccnc3)OCC(COc3ccc(-c4ccccc4)cc3)O2)cc1. The van der Waals surface area contributed by atoms with Gasteiger partial charge in [0.2, 0.25) is 0 Å². The van der Waals surface area contributed by atoms with Crippen molar-refractivity contribution in [3.8, 4) is 16.9 Å². The zero-order chi connectivity index (χ0) is 23.2. The number of nitrogens with zero attached hydrogens (tertiary/aromatic N) is 2. The van der Waals surface area contributed by atoms with Crippen LogP contribution in [0.4, 0.5) is 4.39 Å². The number of hydrogen-bond donors (Lipinski definition) is 0. The van der Waals surface area contributed by atoms with Gasteiger partial charge in [-0.05, 0) is 47.4 Å². The molecule has 1 aromatic heterocycles. The molecule has 3 aromatic carbocycles. The van der Waals surface area contributed by atoms with Crippen LogP contribution in [0.5, 0.6) is 5.75 Å². The molecule has 174 valence electrons. The second-order valence-corrected chi connectivity index (χ2v) is 8.52. The number of hydrogen-bond acceptors (Lipinski definition) is 4. The maximum Gasteiger partial charge on any atom is 0.187 e. The number of ether oxygens (including phenoxy) is 3. The van der Waals surface area contributed by atoms with E-state index in [0.29, 0.717) is 32.6 Å². The Bertz CT molecular complexity index is 1160. The average molecular weight is 459 g/mol. The monoisotopic (exact) mass is 458 g/mol. The lowest BCUT2D eigenvalue weighted by molar-refractivity contribution is -0.184. The summed E-state index contributed by atoms with van der Waals surface area (Å²) in [5, 5.41) is 0. The predicted molar refractivity (Wildman–Crippen MR) is 128 cm³/mol. The molecule has 5 nitrogen and oxygen atoms in total. The lowest BCUT2D eigenvalue weighted by Crippen LogP contribution is -2.37. The number of imidazole rings is 1. The molecule has 1 saturated heterocycles. The third kappa shape index (κ3) is 5.53. The molecule has 1 aliphatic heterocycles. The first-order valence-electron chi connectivity index (χ1n) is 11.5. The van der Waals surface area contributed by atoms with Crippen LogP contribution in [0.15, 0.2) is 97.6 Å². The minimum absolute atomic E-state index is 0.189. The topological polar surface area (TPSA) is 45.5 Å². The minimum Gasteiger partial charge on any atom is -0.491 e.